The van der Waals surface area contributed by atoms with Crippen LogP contribution < -0.4 is 22.7 Å². The summed E-state index contributed by atoms with van der Waals surface area (Å²) in [5.74, 6) is -0.295. The Kier molecular flexibility index (Phi) is 7.03. The largest absolute Gasteiger partial charge is 0.394 e. The topological polar surface area (TPSA) is 258 Å². The predicted molar refractivity (Wildman–Crippen MR) is 128 cm³/mol. The summed E-state index contributed by atoms with van der Waals surface area (Å²) >= 11 is 0. The highest BCUT2D eigenvalue weighted by Gasteiger charge is 2.42. The van der Waals surface area contributed by atoms with Crippen LogP contribution >= 0.6 is 7.60 Å². The molecule has 0 aliphatic carbocycles. The molecule has 2 saturated heterocycles. The number of ether oxygens (including phenoxy) is 2. The van der Waals surface area contributed by atoms with E-state index in [0.29, 0.717) is 0 Å². The lowest BCUT2D eigenvalue weighted by Gasteiger charge is -2.23. The quantitative estimate of drug-likeness (QED) is 0.190. The third-order valence-corrected chi connectivity index (χ3v) is 7.45. The molecule has 0 spiro atoms. The highest BCUT2D eigenvalue weighted by Crippen LogP contribution is 2.49. The molecular weight excluding hydrogens is 529 g/mol. The molecule has 2 aliphatic rings. The molecule has 0 bridgehead atoms. The van der Waals surface area contributed by atoms with Crippen LogP contribution in [0.15, 0.2) is 22.2 Å². The van der Waals surface area contributed by atoms with Gasteiger partial charge in [-0.1, -0.05) is 0 Å². The molecule has 2 aliphatic heterocycles. The van der Waals surface area contributed by atoms with E-state index < -0.39 is 62.3 Å². The second-order valence-electron chi connectivity index (χ2n) is 8.87. The van der Waals surface area contributed by atoms with Crippen molar-refractivity contribution in [1.82, 2.24) is 34.1 Å². The predicted octanol–water partition coefficient (Wildman–Crippen LogP) is -1.91. The van der Waals surface area contributed by atoms with E-state index in [1.54, 1.807) is 0 Å². The van der Waals surface area contributed by atoms with Crippen LogP contribution in [0.3, 0.4) is 0 Å². The Morgan fingerprint density at radius 1 is 1.13 bits per heavy atom. The van der Waals surface area contributed by atoms with Crippen LogP contribution in [-0.4, -0.2) is 88.6 Å². The van der Waals surface area contributed by atoms with Crippen LogP contribution in [0.4, 0.5) is 11.9 Å². The van der Waals surface area contributed by atoms with Crippen LogP contribution in [0, 0.1) is 0 Å². The van der Waals surface area contributed by atoms with E-state index >= 15 is 0 Å². The van der Waals surface area contributed by atoms with Gasteiger partial charge in [-0.2, -0.15) is 9.97 Å². The molecule has 5 heterocycles. The SMILES string of the molecule is CP(=O)(OC[C@H]1O[C@@H](n2cnc(N)nc2=O)CC1O)O[C@@H]1C[C@H](n2cnc3c(=O)[nH]c(N)nc32)O[C@@H]1CO. The maximum Gasteiger partial charge on any atom is 0.354 e. The summed E-state index contributed by atoms with van der Waals surface area (Å²) in [6.45, 7) is 0.476. The number of aliphatic hydroxyl groups excluding tert-OH is 2. The van der Waals surface area contributed by atoms with Gasteiger partial charge in [-0.25, -0.2) is 14.8 Å². The minimum absolute atomic E-state index is 0.0427. The molecule has 0 amide bonds. The Labute approximate surface area is 213 Å². The molecule has 3 aromatic heterocycles. The van der Waals surface area contributed by atoms with Gasteiger partial charge in [0.05, 0.1) is 31.7 Å². The Hall–Kier alpha value is -3.25. The molecule has 7 N–H and O–H groups in total. The van der Waals surface area contributed by atoms with E-state index in [-0.39, 0.29) is 42.5 Å². The summed E-state index contributed by atoms with van der Waals surface area (Å²) in [5.41, 5.74) is 10.1. The lowest BCUT2D eigenvalue weighted by Crippen LogP contribution is -2.30. The average Bonchev–Trinajstić information content (AvgIpc) is 3.54. The number of nitrogens with two attached hydrogens (primary N) is 2. The number of aliphatic hydroxyl groups is 2. The molecule has 19 heteroatoms. The van der Waals surface area contributed by atoms with Gasteiger partial charge in [-0.3, -0.25) is 23.5 Å². The highest BCUT2D eigenvalue weighted by atomic mass is 31.2. The summed E-state index contributed by atoms with van der Waals surface area (Å²) in [4.78, 5) is 41.9. The molecule has 0 aromatic carbocycles. The fourth-order valence-electron chi connectivity index (χ4n) is 4.37. The smallest absolute Gasteiger partial charge is 0.354 e. The number of H-pyrrole nitrogens is 1. The lowest BCUT2D eigenvalue weighted by molar-refractivity contribution is -0.0512. The number of imidazole rings is 1. The first-order chi connectivity index (χ1) is 18.0. The Balaban J connectivity index is 1.23. The number of rotatable bonds is 8. The van der Waals surface area contributed by atoms with Crippen LogP contribution in [0.1, 0.15) is 25.3 Å². The van der Waals surface area contributed by atoms with Gasteiger partial charge in [0.25, 0.3) is 5.56 Å². The van der Waals surface area contributed by atoms with E-state index in [9.17, 15) is 24.4 Å². The van der Waals surface area contributed by atoms with Gasteiger partial charge >= 0.3 is 13.3 Å². The van der Waals surface area contributed by atoms with Crippen molar-refractivity contribution in [1.29, 1.82) is 0 Å². The van der Waals surface area contributed by atoms with E-state index in [0.717, 1.165) is 10.9 Å². The molecule has 3 aromatic rings. The first-order valence-electron chi connectivity index (χ1n) is 11.5. The number of fused-ring (bicyclic) bond motifs is 1. The molecular formula is C19H26N9O9P. The minimum Gasteiger partial charge on any atom is -0.394 e. The van der Waals surface area contributed by atoms with Gasteiger partial charge in [-0.05, 0) is 0 Å². The first-order valence-corrected chi connectivity index (χ1v) is 13.5. The molecule has 5 rings (SSSR count). The van der Waals surface area contributed by atoms with Gasteiger partial charge in [0, 0.05) is 19.5 Å². The van der Waals surface area contributed by atoms with Crippen LogP contribution in [0.25, 0.3) is 11.2 Å². The van der Waals surface area contributed by atoms with E-state index in [2.05, 4.69) is 24.9 Å². The molecule has 0 saturated carbocycles. The van der Waals surface area contributed by atoms with E-state index in [1.165, 1.54) is 17.6 Å². The summed E-state index contributed by atoms with van der Waals surface area (Å²) in [5, 5.41) is 20.2. The number of aromatic amines is 1. The Morgan fingerprint density at radius 2 is 1.84 bits per heavy atom. The Morgan fingerprint density at radius 3 is 2.58 bits per heavy atom. The summed E-state index contributed by atoms with van der Waals surface area (Å²) in [7, 11) is -3.75. The maximum atomic E-state index is 13.1. The van der Waals surface area contributed by atoms with Crippen LogP contribution in [0.5, 0.6) is 0 Å². The van der Waals surface area contributed by atoms with E-state index in [1.807, 2.05) is 0 Å². The molecule has 2 fully saturated rings. The van der Waals surface area contributed by atoms with Crippen LogP contribution in [-0.2, 0) is 23.1 Å². The maximum absolute atomic E-state index is 13.1. The molecule has 38 heavy (non-hydrogen) atoms. The molecule has 18 nitrogen and oxygen atoms in total. The lowest BCUT2D eigenvalue weighted by atomic mass is 10.2. The second-order valence-corrected chi connectivity index (χ2v) is 10.9. The molecule has 206 valence electrons. The fourth-order valence-corrected chi connectivity index (χ4v) is 5.57. The van der Waals surface area contributed by atoms with Crippen LogP contribution in [0.2, 0.25) is 0 Å². The van der Waals surface area contributed by atoms with Crippen molar-refractivity contribution in [3.05, 3.63) is 33.5 Å². The van der Waals surface area contributed by atoms with Crippen molar-refractivity contribution in [3.8, 4) is 0 Å². The van der Waals surface area contributed by atoms with Crippen molar-refractivity contribution >= 4 is 30.7 Å². The number of nitrogens with zero attached hydrogens (tertiary/aromatic N) is 6. The van der Waals surface area contributed by atoms with Gasteiger partial charge in [0.1, 0.15) is 31.0 Å². The zero-order valence-electron chi connectivity index (χ0n) is 20.0. The number of aromatic nitrogens is 7. The monoisotopic (exact) mass is 555 g/mol. The van der Waals surface area contributed by atoms with Gasteiger partial charge in [-0.15, -0.1) is 0 Å². The average molecular weight is 555 g/mol. The zero-order valence-corrected chi connectivity index (χ0v) is 20.9. The van der Waals surface area contributed by atoms with Crippen molar-refractivity contribution in [2.24, 2.45) is 0 Å². The number of hydrogen-bond donors (Lipinski definition) is 5. The van der Waals surface area contributed by atoms with Crippen molar-refractivity contribution in [2.45, 2.75) is 49.7 Å². The summed E-state index contributed by atoms with van der Waals surface area (Å²) in [6.07, 6.45) is -2.63. The highest BCUT2D eigenvalue weighted by molar-refractivity contribution is 7.53. The third kappa shape index (κ3) is 5.19. The number of hydrogen-bond acceptors (Lipinski definition) is 15. The Bertz CT molecular complexity index is 1490. The first kappa shape index (κ1) is 26.4. The molecule has 0 radical (unpaired) electrons. The number of nitrogens with one attached hydrogen (secondary N) is 1. The van der Waals surface area contributed by atoms with Crippen molar-refractivity contribution in [3.63, 3.8) is 0 Å². The molecule has 7 atom stereocenters. The van der Waals surface area contributed by atoms with Crippen molar-refractivity contribution < 1.29 is 33.3 Å². The fraction of sp³-hybridized carbons (Fsp3) is 0.579. The zero-order chi connectivity index (χ0) is 27.2. The van der Waals surface area contributed by atoms with E-state index in [4.69, 9.17) is 30.0 Å². The van der Waals surface area contributed by atoms with Crippen molar-refractivity contribution in [2.75, 3.05) is 31.3 Å². The molecule has 2 unspecified atom stereocenters. The van der Waals surface area contributed by atoms with Gasteiger partial charge < -0.3 is 40.2 Å². The second kappa shape index (κ2) is 10.1. The summed E-state index contributed by atoms with van der Waals surface area (Å²) < 4.78 is 38.4. The normalized spacial score (nSPS) is 29.1. The van der Waals surface area contributed by atoms with Gasteiger partial charge in [0.2, 0.25) is 11.9 Å². The minimum atomic E-state index is -3.75. The van der Waals surface area contributed by atoms with Gasteiger partial charge in [0.15, 0.2) is 11.2 Å². The third-order valence-electron chi connectivity index (χ3n) is 6.18. The standard InChI is InChI=1S/C19H26N9O9P/c1-38(33,34-5-11-8(30)2-12(36-11)28-7-23-17(20)26-19(28)32)37-9-3-13(35-10(9)4-29)27-6-22-14-15(27)24-18(21)25-16(14)31/h6-13,29-30H,2-5H2,1H3,(H2,20,26,32)(H3,21,24,25,31)/t8?,9-,10-,11-,12-,13-,38?/m1/s1. The number of nitrogen functional groups attached to an aromatic ring is 2. The number of anilines is 2. The summed E-state index contributed by atoms with van der Waals surface area (Å²) in [6, 6.07) is 0.